The van der Waals surface area contributed by atoms with Gasteiger partial charge in [-0.05, 0) is 42.0 Å². The highest BCUT2D eigenvalue weighted by Gasteiger charge is 2.25. The summed E-state index contributed by atoms with van der Waals surface area (Å²) in [6.45, 7) is 2.11. The SMILES string of the molecule is O=C(NCc1cccnc1)N1CCC(c2c[nH]c3ccccc23)CC1. The third kappa shape index (κ3) is 3.36. The van der Waals surface area contributed by atoms with Crippen LogP contribution in [0.15, 0.2) is 55.0 Å². The van der Waals surface area contributed by atoms with Gasteiger partial charge in [0, 0.05) is 49.1 Å². The monoisotopic (exact) mass is 334 g/mol. The summed E-state index contributed by atoms with van der Waals surface area (Å²) >= 11 is 0. The molecule has 128 valence electrons. The van der Waals surface area contributed by atoms with Crippen LogP contribution in [-0.2, 0) is 6.54 Å². The molecule has 3 aromatic rings. The summed E-state index contributed by atoms with van der Waals surface area (Å²) in [5.41, 5.74) is 3.59. The molecule has 3 heterocycles. The first kappa shape index (κ1) is 15.7. The van der Waals surface area contributed by atoms with Crippen molar-refractivity contribution in [3.8, 4) is 0 Å². The Morgan fingerprint density at radius 2 is 2.04 bits per heavy atom. The topological polar surface area (TPSA) is 61.0 Å². The molecule has 1 saturated heterocycles. The second-order valence-electron chi connectivity index (χ2n) is 6.57. The number of hydrogen-bond acceptors (Lipinski definition) is 2. The van der Waals surface area contributed by atoms with Gasteiger partial charge in [0.1, 0.15) is 0 Å². The maximum atomic E-state index is 12.4. The number of hydrogen-bond donors (Lipinski definition) is 2. The number of aromatic nitrogens is 2. The number of likely N-dealkylation sites (tertiary alicyclic amines) is 1. The maximum Gasteiger partial charge on any atom is 0.317 e. The van der Waals surface area contributed by atoms with E-state index in [1.807, 2.05) is 17.0 Å². The summed E-state index contributed by atoms with van der Waals surface area (Å²) in [6, 6.07) is 12.3. The number of fused-ring (bicyclic) bond motifs is 1. The lowest BCUT2D eigenvalue weighted by atomic mass is 9.89. The Bertz CT molecular complexity index is 850. The minimum Gasteiger partial charge on any atom is -0.361 e. The minimum absolute atomic E-state index is 0.0150. The third-order valence-electron chi connectivity index (χ3n) is 5.01. The summed E-state index contributed by atoms with van der Waals surface area (Å²) in [6.07, 6.45) is 7.65. The van der Waals surface area contributed by atoms with Gasteiger partial charge in [-0.1, -0.05) is 24.3 Å². The Morgan fingerprint density at radius 1 is 1.20 bits per heavy atom. The molecule has 5 heteroatoms. The van der Waals surface area contributed by atoms with Gasteiger partial charge >= 0.3 is 6.03 Å². The standard InChI is InChI=1S/C20H22N4O/c25-20(23-13-15-4-3-9-21-12-15)24-10-7-16(8-11-24)18-14-22-19-6-2-1-5-17(18)19/h1-6,9,12,14,16,22H,7-8,10-11,13H2,(H,23,25). The fourth-order valence-electron chi connectivity index (χ4n) is 3.62. The predicted molar refractivity (Wildman–Crippen MR) is 98.3 cm³/mol. The lowest BCUT2D eigenvalue weighted by Gasteiger charge is -2.32. The molecule has 2 aromatic heterocycles. The van der Waals surface area contributed by atoms with Gasteiger partial charge in [-0.25, -0.2) is 4.79 Å². The molecule has 1 fully saturated rings. The number of rotatable bonds is 3. The molecule has 0 spiro atoms. The third-order valence-corrected chi connectivity index (χ3v) is 5.01. The van der Waals surface area contributed by atoms with Crippen LogP contribution in [0.25, 0.3) is 10.9 Å². The molecule has 1 aliphatic rings. The number of H-pyrrole nitrogens is 1. The second-order valence-corrected chi connectivity index (χ2v) is 6.57. The molecule has 0 radical (unpaired) electrons. The summed E-state index contributed by atoms with van der Waals surface area (Å²) in [7, 11) is 0. The van der Waals surface area contributed by atoms with E-state index in [2.05, 4.69) is 45.7 Å². The number of pyridine rings is 1. The summed E-state index contributed by atoms with van der Waals surface area (Å²) < 4.78 is 0. The van der Waals surface area contributed by atoms with E-state index in [1.54, 1.807) is 12.4 Å². The van der Waals surface area contributed by atoms with E-state index < -0.39 is 0 Å². The Kier molecular flexibility index (Phi) is 4.37. The van der Waals surface area contributed by atoms with Crippen molar-refractivity contribution >= 4 is 16.9 Å². The van der Waals surface area contributed by atoms with Gasteiger partial charge in [-0.2, -0.15) is 0 Å². The average molecular weight is 334 g/mol. The summed E-state index contributed by atoms with van der Waals surface area (Å²) in [4.78, 5) is 21.7. The Morgan fingerprint density at radius 3 is 2.84 bits per heavy atom. The van der Waals surface area contributed by atoms with Crippen LogP contribution in [-0.4, -0.2) is 34.0 Å². The van der Waals surface area contributed by atoms with E-state index >= 15 is 0 Å². The van der Waals surface area contributed by atoms with Crippen molar-refractivity contribution in [2.75, 3.05) is 13.1 Å². The molecule has 0 aliphatic carbocycles. The molecule has 0 atom stereocenters. The van der Waals surface area contributed by atoms with Crippen LogP contribution in [0.1, 0.15) is 29.9 Å². The molecule has 2 amide bonds. The first-order valence-electron chi connectivity index (χ1n) is 8.79. The molecule has 1 aliphatic heterocycles. The normalized spacial score (nSPS) is 15.4. The molecule has 5 nitrogen and oxygen atoms in total. The van der Waals surface area contributed by atoms with Gasteiger partial charge in [0.2, 0.25) is 0 Å². The Balaban J connectivity index is 1.34. The fraction of sp³-hybridized carbons (Fsp3) is 0.300. The molecule has 1 aromatic carbocycles. The first-order valence-corrected chi connectivity index (χ1v) is 8.79. The zero-order valence-electron chi connectivity index (χ0n) is 14.1. The van der Waals surface area contributed by atoms with Gasteiger partial charge in [0.15, 0.2) is 0 Å². The van der Waals surface area contributed by atoms with Crippen LogP contribution >= 0.6 is 0 Å². The van der Waals surface area contributed by atoms with Gasteiger partial charge in [0.25, 0.3) is 0 Å². The highest BCUT2D eigenvalue weighted by molar-refractivity contribution is 5.83. The molecule has 0 bridgehead atoms. The molecule has 0 saturated carbocycles. The predicted octanol–water partition coefficient (Wildman–Crippen LogP) is 3.65. The van der Waals surface area contributed by atoms with Crippen LogP contribution in [0, 0.1) is 0 Å². The fourth-order valence-corrected chi connectivity index (χ4v) is 3.62. The lowest BCUT2D eigenvalue weighted by Crippen LogP contribution is -2.43. The number of aromatic amines is 1. The van der Waals surface area contributed by atoms with Crippen LogP contribution in [0.5, 0.6) is 0 Å². The zero-order chi connectivity index (χ0) is 17.1. The lowest BCUT2D eigenvalue weighted by molar-refractivity contribution is 0.181. The van der Waals surface area contributed by atoms with E-state index in [-0.39, 0.29) is 6.03 Å². The van der Waals surface area contributed by atoms with E-state index in [1.165, 1.54) is 16.5 Å². The number of carbonyl (C=O) groups is 1. The van der Waals surface area contributed by atoms with Gasteiger partial charge in [-0.15, -0.1) is 0 Å². The van der Waals surface area contributed by atoms with Crippen LogP contribution in [0.4, 0.5) is 4.79 Å². The average Bonchev–Trinajstić information content (AvgIpc) is 3.11. The highest BCUT2D eigenvalue weighted by Crippen LogP contribution is 2.33. The van der Waals surface area contributed by atoms with Gasteiger partial charge in [0.05, 0.1) is 0 Å². The van der Waals surface area contributed by atoms with Crippen molar-refractivity contribution < 1.29 is 4.79 Å². The number of nitrogens with zero attached hydrogens (tertiary/aromatic N) is 2. The number of nitrogens with one attached hydrogen (secondary N) is 2. The van der Waals surface area contributed by atoms with Crippen LogP contribution in [0.2, 0.25) is 0 Å². The molecule has 25 heavy (non-hydrogen) atoms. The minimum atomic E-state index is 0.0150. The van der Waals surface area contributed by atoms with Gasteiger partial charge < -0.3 is 15.2 Å². The first-order chi connectivity index (χ1) is 12.3. The zero-order valence-corrected chi connectivity index (χ0v) is 14.1. The number of piperidine rings is 1. The van der Waals surface area contributed by atoms with Crippen molar-refractivity contribution in [1.29, 1.82) is 0 Å². The van der Waals surface area contributed by atoms with Gasteiger partial charge in [-0.3, -0.25) is 4.98 Å². The number of carbonyl (C=O) groups excluding carboxylic acids is 1. The number of para-hydroxylation sites is 1. The molecule has 4 rings (SSSR count). The van der Waals surface area contributed by atoms with Crippen LogP contribution < -0.4 is 5.32 Å². The second kappa shape index (κ2) is 6.97. The Labute approximate surface area is 147 Å². The summed E-state index contributed by atoms with van der Waals surface area (Å²) in [5, 5.41) is 4.30. The molecular formula is C20H22N4O. The van der Waals surface area contributed by atoms with E-state index in [0.717, 1.165) is 31.5 Å². The highest BCUT2D eigenvalue weighted by atomic mass is 16.2. The Hall–Kier alpha value is -2.82. The van der Waals surface area contributed by atoms with Crippen LogP contribution in [0.3, 0.4) is 0 Å². The quantitative estimate of drug-likeness (QED) is 0.768. The molecular weight excluding hydrogens is 312 g/mol. The smallest absolute Gasteiger partial charge is 0.317 e. The number of benzene rings is 1. The van der Waals surface area contributed by atoms with E-state index in [9.17, 15) is 4.79 Å². The molecule has 2 N–H and O–H groups in total. The van der Waals surface area contributed by atoms with Crippen molar-refractivity contribution in [2.45, 2.75) is 25.3 Å². The maximum absolute atomic E-state index is 12.4. The van der Waals surface area contributed by atoms with Crippen molar-refractivity contribution in [1.82, 2.24) is 20.2 Å². The van der Waals surface area contributed by atoms with Crippen molar-refractivity contribution in [3.05, 3.63) is 66.1 Å². The van der Waals surface area contributed by atoms with E-state index in [0.29, 0.717) is 12.5 Å². The number of urea groups is 1. The largest absolute Gasteiger partial charge is 0.361 e. The molecule has 0 unspecified atom stereocenters. The summed E-state index contributed by atoms with van der Waals surface area (Å²) in [5.74, 6) is 0.513. The van der Waals surface area contributed by atoms with Crippen molar-refractivity contribution in [2.24, 2.45) is 0 Å². The van der Waals surface area contributed by atoms with E-state index in [4.69, 9.17) is 0 Å². The van der Waals surface area contributed by atoms with Crippen molar-refractivity contribution in [3.63, 3.8) is 0 Å². The number of amides is 2.